The number of anilines is 1. The number of hydrogen-bond donors (Lipinski definition) is 0. The zero-order chi connectivity index (χ0) is 12.4. The highest BCUT2D eigenvalue weighted by Crippen LogP contribution is 2.24. The maximum absolute atomic E-state index is 5.85. The first kappa shape index (κ1) is 11.4. The summed E-state index contributed by atoms with van der Waals surface area (Å²) in [6, 6.07) is 0.427. The highest BCUT2D eigenvalue weighted by Gasteiger charge is 2.21. The lowest BCUT2D eigenvalue weighted by Gasteiger charge is -2.32. The zero-order valence-corrected chi connectivity index (χ0v) is 10.5. The Morgan fingerprint density at radius 3 is 2.67 bits per heavy atom. The molecule has 1 saturated heterocycles. The first-order chi connectivity index (χ1) is 8.83. The number of aromatic nitrogens is 5. The molecule has 2 aromatic rings. The van der Waals surface area contributed by atoms with Crippen molar-refractivity contribution in [3.05, 3.63) is 30.2 Å². The topological polar surface area (TPSA) is 59.7 Å². The van der Waals surface area contributed by atoms with Crippen LogP contribution in [-0.4, -0.2) is 37.8 Å². The Bertz CT molecular complexity index is 506. The van der Waals surface area contributed by atoms with Crippen LogP contribution in [0.1, 0.15) is 18.9 Å². The second kappa shape index (κ2) is 4.89. The molecule has 0 saturated carbocycles. The quantitative estimate of drug-likeness (QED) is 0.824. The molecule has 0 unspecified atom stereocenters. The van der Waals surface area contributed by atoms with Gasteiger partial charge in [0.25, 0.3) is 0 Å². The maximum atomic E-state index is 5.85. The van der Waals surface area contributed by atoms with E-state index in [2.05, 4.69) is 25.0 Å². The van der Waals surface area contributed by atoms with Gasteiger partial charge in [0.1, 0.15) is 23.6 Å². The average molecular weight is 265 g/mol. The SMILES string of the molecule is Clc1cncc(N2CCC(n3cncn3)CC2)n1. The smallest absolute Gasteiger partial charge is 0.149 e. The van der Waals surface area contributed by atoms with Crippen LogP contribution in [0, 0.1) is 0 Å². The number of nitrogens with zero attached hydrogens (tertiary/aromatic N) is 6. The van der Waals surface area contributed by atoms with Crippen molar-refractivity contribution in [1.82, 2.24) is 24.7 Å². The summed E-state index contributed by atoms with van der Waals surface area (Å²) in [5.74, 6) is 0.847. The Hall–Kier alpha value is -1.69. The molecular formula is C11H13ClN6. The van der Waals surface area contributed by atoms with E-state index in [0.717, 1.165) is 31.7 Å². The molecule has 6 nitrogen and oxygen atoms in total. The third-order valence-corrected chi connectivity index (χ3v) is 3.37. The van der Waals surface area contributed by atoms with Gasteiger partial charge >= 0.3 is 0 Å². The first-order valence-electron chi connectivity index (χ1n) is 5.89. The van der Waals surface area contributed by atoms with Crippen LogP contribution in [0.5, 0.6) is 0 Å². The van der Waals surface area contributed by atoms with E-state index >= 15 is 0 Å². The van der Waals surface area contributed by atoms with Crippen molar-refractivity contribution < 1.29 is 0 Å². The van der Waals surface area contributed by atoms with Crippen LogP contribution in [-0.2, 0) is 0 Å². The second-order valence-electron chi connectivity index (χ2n) is 4.29. The van der Waals surface area contributed by atoms with E-state index in [1.54, 1.807) is 25.0 Å². The van der Waals surface area contributed by atoms with Crippen molar-refractivity contribution in [2.45, 2.75) is 18.9 Å². The standard InChI is InChI=1S/C11H13ClN6/c12-10-5-13-6-11(16-10)17-3-1-9(2-4-17)18-8-14-7-15-18/h5-9H,1-4H2. The van der Waals surface area contributed by atoms with E-state index in [1.807, 2.05) is 4.68 Å². The van der Waals surface area contributed by atoms with Gasteiger partial charge in [0.05, 0.1) is 18.4 Å². The van der Waals surface area contributed by atoms with E-state index in [1.165, 1.54) is 0 Å². The second-order valence-corrected chi connectivity index (χ2v) is 4.68. The van der Waals surface area contributed by atoms with Crippen molar-refractivity contribution in [3.8, 4) is 0 Å². The molecule has 18 heavy (non-hydrogen) atoms. The molecule has 0 aromatic carbocycles. The molecule has 0 bridgehead atoms. The minimum Gasteiger partial charge on any atom is -0.355 e. The van der Waals surface area contributed by atoms with Gasteiger partial charge in [-0.2, -0.15) is 5.10 Å². The van der Waals surface area contributed by atoms with E-state index in [0.29, 0.717) is 11.2 Å². The van der Waals surface area contributed by atoms with Gasteiger partial charge in [-0.15, -0.1) is 0 Å². The third kappa shape index (κ3) is 2.28. The van der Waals surface area contributed by atoms with E-state index in [4.69, 9.17) is 11.6 Å². The molecule has 0 amide bonds. The van der Waals surface area contributed by atoms with Gasteiger partial charge in [0, 0.05) is 13.1 Å². The van der Waals surface area contributed by atoms with E-state index in [9.17, 15) is 0 Å². The molecule has 0 N–H and O–H groups in total. The van der Waals surface area contributed by atoms with Crippen molar-refractivity contribution >= 4 is 17.4 Å². The summed E-state index contributed by atoms with van der Waals surface area (Å²) >= 11 is 5.85. The summed E-state index contributed by atoms with van der Waals surface area (Å²) < 4.78 is 1.93. The Kier molecular flexibility index (Phi) is 3.10. The number of rotatable bonds is 2. The van der Waals surface area contributed by atoms with Crippen LogP contribution < -0.4 is 4.90 Å². The average Bonchev–Trinajstić information content (AvgIpc) is 2.93. The molecule has 1 aliphatic heterocycles. The Balaban J connectivity index is 1.67. The normalized spacial score (nSPS) is 17.1. The predicted molar refractivity (Wildman–Crippen MR) is 67.5 cm³/mol. The van der Waals surface area contributed by atoms with Crippen molar-refractivity contribution in [2.24, 2.45) is 0 Å². The molecule has 0 aliphatic carbocycles. The summed E-state index contributed by atoms with van der Waals surface area (Å²) in [4.78, 5) is 14.5. The zero-order valence-electron chi connectivity index (χ0n) is 9.78. The molecule has 0 radical (unpaired) electrons. The monoisotopic (exact) mass is 264 g/mol. The Morgan fingerprint density at radius 1 is 1.17 bits per heavy atom. The van der Waals surface area contributed by atoms with Gasteiger partial charge in [0.15, 0.2) is 0 Å². The molecule has 2 aromatic heterocycles. The fourth-order valence-corrected chi connectivity index (χ4v) is 2.39. The Labute approximate surface area is 110 Å². The highest BCUT2D eigenvalue weighted by atomic mass is 35.5. The molecule has 0 atom stereocenters. The van der Waals surface area contributed by atoms with Crippen molar-refractivity contribution in [3.63, 3.8) is 0 Å². The van der Waals surface area contributed by atoms with Gasteiger partial charge in [-0.05, 0) is 12.8 Å². The number of piperidine rings is 1. The number of halogens is 1. The summed E-state index contributed by atoms with van der Waals surface area (Å²) in [6.45, 7) is 1.86. The third-order valence-electron chi connectivity index (χ3n) is 3.19. The first-order valence-corrected chi connectivity index (χ1v) is 6.27. The summed E-state index contributed by atoms with van der Waals surface area (Å²) in [7, 11) is 0. The van der Waals surface area contributed by atoms with Crippen molar-refractivity contribution in [2.75, 3.05) is 18.0 Å². The van der Waals surface area contributed by atoms with E-state index in [-0.39, 0.29) is 0 Å². The molecule has 1 fully saturated rings. The van der Waals surface area contributed by atoms with Crippen LogP contribution in [0.15, 0.2) is 25.0 Å². The van der Waals surface area contributed by atoms with E-state index < -0.39 is 0 Å². The molecule has 7 heteroatoms. The fraction of sp³-hybridized carbons (Fsp3) is 0.455. The van der Waals surface area contributed by atoms with Gasteiger partial charge in [0.2, 0.25) is 0 Å². The van der Waals surface area contributed by atoms with Crippen LogP contribution in [0.3, 0.4) is 0 Å². The van der Waals surface area contributed by atoms with Crippen LogP contribution in [0.4, 0.5) is 5.82 Å². The van der Waals surface area contributed by atoms with Gasteiger partial charge in [-0.25, -0.2) is 14.6 Å². The maximum Gasteiger partial charge on any atom is 0.149 e. The minimum atomic E-state index is 0.427. The Morgan fingerprint density at radius 2 is 2.00 bits per heavy atom. The van der Waals surface area contributed by atoms with Crippen LogP contribution >= 0.6 is 11.6 Å². The number of hydrogen-bond acceptors (Lipinski definition) is 5. The van der Waals surface area contributed by atoms with Crippen molar-refractivity contribution in [1.29, 1.82) is 0 Å². The van der Waals surface area contributed by atoms with Crippen LogP contribution in [0.2, 0.25) is 5.15 Å². The minimum absolute atomic E-state index is 0.427. The predicted octanol–water partition coefficient (Wildman–Crippen LogP) is 1.56. The lowest BCUT2D eigenvalue weighted by atomic mass is 10.1. The molecule has 3 rings (SSSR count). The molecule has 94 valence electrons. The van der Waals surface area contributed by atoms with Gasteiger partial charge in [-0.3, -0.25) is 4.98 Å². The molecule has 1 aliphatic rings. The highest BCUT2D eigenvalue weighted by molar-refractivity contribution is 6.29. The molecule has 0 spiro atoms. The summed E-state index contributed by atoms with van der Waals surface area (Å²) in [5, 5.41) is 4.63. The summed E-state index contributed by atoms with van der Waals surface area (Å²) in [6.07, 6.45) is 8.71. The molecular weight excluding hydrogens is 252 g/mol. The summed E-state index contributed by atoms with van der Waals surface area (Å²) in [5.41, 5.74) is 0. The van der Waals surface area contributed by atoms with Gasteiger partial charge in [-0.1, -0.05) is 11.6 Å². The fourth-order valence-electron chi connectivity index (χ4n) is 2.25. The lowest BCUT2D eigenvalue weighted by Crippen LogP contribution is -2.35. The van der Waals surface area contributed by atoms with Gasteiger partial charge < -0.3 is 4.90 Å². The van der Waals surface area contributed by atoms with Crippen LogP contribution in [0.25, 0.3) is 0 Å². The molecule has 3 heterocycles. The largest absolute Gasteiger partial charge is 0.355 e. The lowest BCUT2D eigenvalue weighted by molar-refractivity contribution is 0.365.